The van der Waals surface area contributed by atoms with Gasteiger partial charge in [0.25, 0.3) is 0 Å². The highest BCUT2D eigenvalue weighted by Crippen LogP contribution is 2.49. The number of nitrogens with one attached hydrogen (secondary N) is 1. The van der Waals surface area contributed by atoms with Gasteiger partial charge >= 0.3 is 6.01 Å². The molecule has 2 aromatic heterocycles. The Morgan fingerprint density at radius 3 is 2.73 bits per heavy atom. The number of anilines is 1. The predicted octanol–water partition coefficient (Wildman–Crippen LogP) is 5.37. The van der Waals surface area contributed by atoms with Gasteiger partial charge in [0.2, 0.25) is 5.91 Å². The molecule has 2 saturated heterocycles. The number of aryl methyl sites for hydroxylation is 1. The first-order chi connectivity index (χ1) is 21.3. The average molecular weight is 616 g/mol. The molecule has 44 heavy (non-hydrogen) atoms. The average Bonchev–Trinajstić information content (AvgIpc) is 3.54. The molecule has 0 spiro atoms. The maximum Gasteiger partial charge on any atom is 0.319 e. The number of hydrogen-bond acceptors (Lipinski definition) is 8. The van der Waals surface area contributed by atoms with Crippen molar-refractivity contribution in [1.82, 2.24) is 30.0 Å². The highest BCUT2D eigenvalue weighted by molar-refractivity contribution is 6.35. The Morgan fingerprint density at radius 2 is 2.00 bits per heavy atom. The van der Waals surface area contributed by atoms with E-state index >= 15 is 0 Å². The number of H-pyrrole nitrogens is 1. The first-order valence-electron chi connectivity index (χ1n) is 15.5. The molecule has 2 aromatic carbocycles. The predicted molar refractivity (Wildman–Crippen MR) is 173 cm³/mol. The number of amides is 1. The van der Waals surface area contributed by atoms with E-state index in [0.29, 0.717) is 54.6 Å². The molecule has 1 saturated carbocycles. The fraction of sp³-hybridized carbons (Fsp3) is 0.455. The van der Waals surface area contributed by atoms with E-state index in [1.54, 1.807) is 0 Å². The van der Waals surface area contributed by atoms with E-state index in [1.807, 2.05) is 23.2 Å². The van der Waals surface area contributed by atoms with E-state index in [9.17, 15) is 4.79 Å². The van der Waals surface area contributed by atoms with Crippen LogP contribution in [0.25, 0.3) is 32.9 Å². The Labute approximate surface area is 262 Å². The third kappa shape index (κ3) is 5.24. The van der Waals surface area contributed by atoms with Gasteiger partial charge < -0.3 is 24.2 Å². The van der Waals surface area contributed by atoms with E-state index < -0.39 is 0 Å². The molecule has 3 aliphatic rings. The Kier molecular flexibility index (Phi) is 7.58. The largest absolute Gasteiger partial charge is 0.487 e. The van der Waals surface area contributed by atoms with Gasteiger partial charge in [-0.25, -0.2) is 0 Å². The molecule has 7 rings (SSSR count). The van der Waals surface area contributed by atoms with Gasteiger partial charge in [0.05, 0.1) is 22.8 Å². The van der Waals surface area contributed by atoms with Gasteiger partial charge in [-0.3, -0.25) is 9.89 Å². The van der Waals surface area contributed by atoms with Crippen LogP contribution in [-0.4, -0.2) is 93.9 Å². The van der Waals surface area contributed by atoms with Gasteiger partial charge in [0.15, 0.2) is 5.75 Å². The lowest BCUT2D eigenvalue weighted by Gasteiger charge is -2.40. The van der Waals surface area contributed by atoms with Crippen LogP contribution in [-0.2, 0) is 4.79 Å². The van der Waals surface area contributed by atoms with Crippen LogP contribution in [0.15, 0.2) is 37.1 Å². The molecule has 230 valence electrons. The molecule has 1 aliphatic carbocycles. The minimum atomic E-state index is -0.0645. The summed E-state index contributed by atoms with van der Waals surface area (Å²) in [5.41, 5.74) is 4.43. The van der Waals surface area contributed by atoms with Crippen LogP contribution >= 0.6 is 11.6 Å². The van der Waals surface area contributed by atoms with Gasteiger partial charge in [0, 0.05) is 53.6 Å². The number of hydrogen-bond donors (Lipinski definition) is 1. The molecule has 4 heterocycles. The zero-order chi connectivity index (χ0) is 30.5. The number of fused-ring (bicyclic) bond motifs is 2. The van der Waals surface area contributed by atoms with Crippen LogP contribution in [0.2, 0.25) is 5.02 Å². The Balaban J connectivity index is 1.41. The van der Waals surface area contributed by atoms with Crippen molar-refractivity contribution in [3.63, 3.8) is 0 Å². The number of aromatic nitrogens is 4. The molecule has 10 nitrogen and oxygen atoms in total. The third-order valence-corrected chi connectivity index (χ3v) is 9.51. The van der Waals surface area contributed by atoms with Crippen molar-refractivity contribution in [2.45, 2.75) is 57.7 Å². The number of nitrogens with zero attached hydrogens (tertiary/aromatic N) is 6. The molecule has 2 aliphatic heterocycles. The van der Waals surface area contributed by atoms with Gasteiger partial charge in [-0.2, -0.15) is 15.1 Å². The van der Waals surface area contributed by atoms with E-state index in [4.69, 9.17) is 31.0 Å². The molecule has 0 unspecified atom stereocenters. The van der Waals surface area contributed by atoms with Crippen LogP contribution < -0.4 is 14.4 Å². The second-order valence-corrected chi connectivity index (χ2v) is 12.7. The summed E-state index contributed by atoms with van der Waals surface area (Å²) >= 11 is 7.23. The first-order valence-corrected chi connectivity index (χ1v) is 15.8. The Morgan fingerprint density at radius 1 is 1.16 bits per heavy atom. The van der Waals surface area contributed by atoms with Crippen molar-refractivity contribution >= 4 is 45.1 Å². The number of piperazine rings is 1. The van der Waals surface area contributed by atoms with E-state index in [0.717, 1.165) is 71.0 Å². The number of aromatic amines is 1. The number of likely N-dealkylation sites (tertiary alicyclic amines) is 1. The molecule has 3 fully saturated rings. The lowest BCUT2D eigenvalue weighted by atomic mass is 9.94. The standard InChI is InChI=1S/C33H38ClN7O3/c1-5-27(42)40-13-14-41(20(3)17-40)32-23-15-25(34)29(28-19(2)8-11-26-24(28)16-35-38-26)31(44-22-9-10-22)30(23)36-33(37-32)43-18-21-7-6-12-39(21)4/h5,8,11,15-16,20-22H,1,6-7,9-10,12-14,17-18H2,2-4H3,(H,35,38)/t20-,21+/m1/s1. The summed E-state index contributed by atoms with van der Waals surface area (Å²) in [6.07, 6.45) is 7.50. The van der Waals surface area contributed by atoms with Crippen molar-refractivity contribution < 1.29 is 14.3 Å². The summed E-state index contributed by atoms with van der Waals surface area (Å²) in [7, 11) is 2.13. The van der Waals surface area contributed by atoms with Crippen molar-refractivity contribution in [3.8, 4) is 22.9 Å². The minimum absolute atomic E-state index is 0.00672. The maximum atomic E-state index is 12.4. The van der Waals surface area contributed by atoms with Crippen LogP contribution in [0.4, 0.5) is 5.82 Å². The molecule has 0 radical (unpaired) electrons. The van der Waals surface area contributed by atoms with E-state index in [2.05, 4.69) is 53.5 Å². The molecule has 4 aromatic rings. The maximum absolute atomic E-state index is 12.4. The smallest absolute Gasteiger partial charge is 0.319 e. The zero-order valence-corrected chi connectivity index (χ0v) is 26.2. The number of halogens is 1. The summed E-state index contributed by atoms with van der Waals surface area (Å²) in [5, 5.41) is 9.73. The molecular weight excluding hydrogens is 578 g/mol. The molecule has 2 atom stereocenters. The van der Waals surface area contributed by atoms with E-state index in [-0.39, 0.29) is 18.1 Å². The second-order valence-electron chi connectivity index (χ2n) is 12.3. The Bertz CT molecular complexity index is 1750. The van der Waals surface area contributed by atoms with Gasteiger partial charge in [-0.15, -0.1) is 0 Å². The quantitative estimate of drug-likeness (QED) is 0.264. The summed E-state index contributed by atoms with van der Waals surface area (Å²) in [5.74, 6) is 1.31. The van der Waals surface area contributed by atoms with Crippen LogP contribution in [0.1, 0.15) is 38.2 Å². The minimum Gasteiger partial charge on any atom is -0.487 e. The lowest BCUT2D eigenvalue weighted by Crippen LogP contribution is -2.53. The highest BCUT2D eigenvalue weighted by atomic mass is 35.5. The number of carbonyl (C=O) groups excluding carboxylic acids is 1. The Hall–Kier alpha value is -3.89. The normalized spacial score (nSPS) is 20.9. The summed E-state index contributed by atoms with van der Waals surface area (Å²) in [4.78, 5) is 28.9. The monoisotopic (exact) mass is 615 g/mol. The topological polar surface area (TPSA) is 99.7 Å². The lowest BCUT2D eigenvalue weighted by molar-refractivity contribution is -0.126. The second kappa shape index (κ2) is 11.6. The molecule has 0 bridgehead atoms. The fourth-order valence-electron chi connectivity index (χ4n) is 6.57. The summed E-state index contributed by atoms with van der Waals surface area (Å²) in [6.45, 7) is 11.1. The number of carbonyl (C=O) groups is 1. The summed E-state index contributed by atoms with van der Waals surface area (Å²) < 4.78 is 13.1. The van der Waals surface area contributed by atoms with E-state index in [1.165, 1.54) is 6.08 Å². The van der Waals surface area contributed by atoms with Crippen molar-refractivity contribution in [2.24, 2.45) is 0 Å². The van der Waals surface area contributed by atoms with Crippen molar-refractivity contribution in [3.05, 3.63) is 47.6 Å². The van der Waals surface area contributed by atoms with Gasteiger partial charge in [-0.05, 0) is 76.9 Å². The van der Waals surface area contributed by atoms with Crippen LogP contribution in [0.5, 0.6) is 11.8 Å². The van der Waals surface area contributed by atoms with Crippen molar-refractivity contribution in [2.75, 3.05) is 44.7 Å². The third-order valence-electron chi connectivity index (χ3n) is 9.21. The SMILES string of the molecule is C=CC(=O)N1CCN(c2nc(OC[C@@H]3CCCN3C)nc3c(OC4CC4)c(-c4c(C)ccc5[nH]ncc45)c(Cl)cc23)[C@H](C)C1. The zero-order valence-electron chi connectivity index (χ0n) is 25.5. The number of likely N-dealkylation sites (N-methyl/N-ethyl adjacent to an activating group) is 1. The molecular formula is C33H38ClN7O3. The molecule has 1 amide bonds. The first kappa shape index (κ1) is 28.9. The molecule has 1 N–H and O–H groups in total. The van der Waals surface area contributed by atoms with Crippen molar-refractivity contribution in [1.29, 1.82) is 0 Å². The number of ether oxygens (including phenoxy) is 2. The number of rotatable bonds is 8. The summed E-state index contributed by atoms with van der Waals surface area (Å²) in [6, 6.07) is 6.68. The number of benzene rings is 2. The van der Waals surface area contributed by atoms with Crippen LogP contribution in [0.3, 0.4) is 0 Å². The molecule has 11 heteroatoms. The fourth-order valence-corrected chi connectivity index (χ4v) is 6.86. The van der Waals surface area contributed by atoms with Gasteiger partial charge in [0.1, 0.15) is 17.9 Å². The van der Waals surface area contributed by atoms with Gasteiger partial charge in [-0.1, -0.05) is 24.2 Å². The van der Waals surface area contributed by atoms with Crippen LogP contribution in [0, 0.1) is 6.92 Å². The highest BCUT2D eigenvalue weighted by Gasteiger charge is 2.33.